The predicted octanol–water partition coefficient (Wildman–Crippen LogP) is 5.82. The molecule has 0 radical (unpaired) electrons. The highest BCUT2D eigenvalue weighted by Gasteiger charge is 2.37. The van der Waals surface area contributed by atoms with Crippen molar-refractivity contribution in [2.24, 2.45) is 5.92 Å². The Morgan fingerprint density at radius 3 is 2.51 bits per heavy atom. The standard InChI is InChI=1S/C30H41NO4/c1-20(2)23-13-16-26-24(19-23)12-9-21(3)30(26,4)17-7-6-8-28(33)31-27(29(34)35-5)18-22-10-14-25(32)15-11-22/h10-11,13-16,19-21,27,32H,6-9,12,17-18H2,1-5H3,(H,31,33)/t21-,27-,30+/m1/s1. The van der Waals surface area contributed by atoms with Crippen LogP contribution in [-0.2, 0) is 32.6 Å². The van der Waals surface area contributed by atoms with Gasteiger partial charge < -0.3 is 15.2 Å². The number of carbonyl (C=O) groups is 2. The molecule has 0 saturated heterocycles. The molecule has 1 aliphatic carbocycles. The maximum Gasteiger partial charge on any atom is 0.328 e. The SMILES string of the molecule is COC(=O)[C@@H](Cc1ccc(O)cc1)NC(=O)CCCC[C@]1(C)c2ccc(C(C)C)cc2CC[C@H]1C. The van der Waals surface area contributed by atoms with Crippen LogP contribution in [0.15, 0.2) is 42.5 Å². The van der Waals surface area contributed by atoms with E-state index in [-0.39, 0.29) is 17.1 Å². The van der Waals surface area contributed by atoms with Crippen molar-refractivity contribution in [1.82, 2.24) is 5.32 Å². The molecule has 2 aromatic carbocycles. The number of aryl methyl sites for hydroxylation is 1. The number of ether oxygens (including phenoxy) is 1. The van der Waals surface area contributed by atoms with Gasteiger partial charge in [-0.3, -0.25) is 4.79 Å². The van der Waals surface area contributed by atoms with Crippen LogP contribution < -0.4 is 5.32 Å². The Kier molecular flexibility index (Phi) is 8.98. The van der Waals surface area contributed by atoms with E-state index in [4.69, 9.17) is 4.74 Å². The summed E-state index contributed by atoms with van der Waals surface area (Å²) in [5.74, 6) is 0.696. The smallest absolute Gasteiger partial charge is 0.328 e. The third-order valence-electron chi connectivity index (χ3n) is 7.89. The summed E-state index contributed by atoms with van der Waals surface area (Å²) in [7, 11) is 1.33. The van der Waals surface area contributed by atoms with Gasteiger partial charge in [-0.1, -0.05) is 64.4 Å². The lowest BCUT2D eigenvalue weighted by Crippen LogP contribution is -2.43. The van der Waals surface area contributed by atoms with Crippen molar-refractivity contribution >= 4 is 11.9 Å². The Bertz CT molecular complexity index is 1010. The van der Waals surface area contributed by atoms with Gasteiger partial charge in [0.15, 0.2) is 0 Å². The van der Waals surface area contributed by atoms with Crippen molar-refractivity contribution in [3.63, 3.8) is 0 Å². The summed E-state index contributed by atoms with van der Waals surface area (Å²) in [5.41, 5.74) is 5.34. The number of carbonyl (C=O) groups excluding carboxylic acids is 2. The van der Waals surface area contributed by atoms with E-state index in [0.717, 1.165) is 31.2 Å². The van der Waals surface area contributed by atoms with Crippen LogP contribution in [0.3, 0.4) is 0 Å². The highest BCUT2D eigenvalue weighted by atomic mass is 16.5. The van der Waals surface area contributed by atoms with Crippen LogP contribution in [0, 0.1) is 5.92 Å². The lowest BCUT2D eigenvalue weighted by atomic mass is 9.62. The van der Waals surface area contributed by atoms with E-state index < -0.39 is 12.0 Å². The molecule has 0 aromatic heterocycles. The molecule has 0 aliphatic heterocycles. The number of phenolic OH excluding ortho intramolecular Hbond substituents is 1. The van der Waals surface area contributed by atoms with E-state index in [1.807, 2.05) is 0 Å². The Morgan fingerprint density at radius 1 is 1.14 bits per heavy atom. The minimum absolute atomic E-state index is 0.118. The molecule has 3 rings (SSSR count). The zero-order valence-corrected chi connectivity index (χ0v) is 21.9. The maximum absolute atomic E-state index is 12.7. The van der Waals surface area contributed by atoms with Gasteiger partial charge in [-0.2, -0.15) is 0 Å². The van der Waals surface area contributed by atoms with Crippen molar-refractivity contribution in [3.8, 4) is 5.75 Å². The Balaban J connectivity index is 1.56. The topological polar surface area (TPSA) is 75.6 Å². The third kappa shape index (κ3) is 6.65. The van der Waals surface area contributed by atoms with Crippen molar-refractivity contribution < 1.29 is 19.4 Å². The molecule has 3 atom stereocenters. The first-order chi connectivity index (χ1) is 16.6. The van der Waals surface area contributed by atoms with Crippen LogP contribution >= 0.6 is 0 Å². The number of esters is 1. The average Bonchev–Trinajstić information content (AvgIpc) is 2.84. The second-order valence-corrected chi connectivity index (χ2v) is 10.6. The number of unbranched alkanes of at least 4 members (excludes halogenated alkanes) is 1. The Labute approximate surface area is 210 Å². The molecule has 35 heavy (non-hydrogen) atoms. The Morgan fingerprint density at radius 2 is 1.86 bits per heavy atom. The molecule has 0 unspecified atom stereocenters. The molecule has 0 fully saturated rings. The molecular formula is C30H41NO4. The number of phenols is 1. The number of benzene rings is 2. The van der Waals surface area contributed by atoms with E-state index in [0.29, 0.717) is 24.7 Å². The van der Waals surface area contributed by atoms with Gasteiger partial charge in [0.05, 0.1) is 7.11 Å². The summed E-state index contributed by atoms with van der Waals surface area (Å²) in [6.45, 7) is 9.23. The molecule has 0 heterocycles. The molecule has 0 spiro atoms. The zero-order valence-electron chi connectivity index (χ0n) is 21.9. The van der Waals surface area contributed by atoms with Gasteiger partial charge in [0.1, 0.15) is 11.8 Å². The van der Waals surface area contributed by atoms with E-state index in [1.54, 1.807) is 24.3 Å². The largest absolute Gasteiger partial charge is 0.508 e. The van der Waals surface area contributed by atoms with Gasteiger partial charge in [-0.15, -0.1) is 0 Å². The monoisotopic (exact) mass is 479 g/mol. The van der Waals surface area contributed by atoms with Crippen molar-refractivity contribution in [2.45, 2.75) is 90.0 Å². The lowest BCUT2D eigenvalue weighted by molar-refractivity contribution is -0.145. The van der Waals surface area contributed by atoms with Crippen LogP contribution in [0.5, 0.6) is 5.75 Å². The molecule has 1 aliphatic rings. The first kappa shape index (κ1) is 26.8. The predicted molar refractivity (Wildman–Crippen MR) is 140 cm³/mol. The number of rotatable bonds is 10. The fourth-order valence-electron chi connectivity index (χ4n) is 5.32. The van der Waals surface area contributed by atoms with Gasteiger partial charge in [0.2, 0.25) is 5.91 Å². The summed E-state index contributed by atoms with van der Waals surface area (Å²) in [6.07, 6.45) is 5.83. The molecule has 5 nitrogen and oxygen atoms in total. The molecule has 190 valence electrons. The first-order valence-corrected chi connectivity index (χ1v) is 12.9. The van der Waals surface area contributed by atoms with Gasteiger partial charge in [-0.25, -0.2) is 4.79 Å². The van der Waals surface area contributed by atoms with Crippen LogP contribution in [0.1, 0.15) is 88.0 Å². The zero-order chi connectivity index (χ0) is 25.6. The van der Waals surface area contributed by atoms with Crippen molar-refractivity contribution in [2.75, 3.05) is 7.11 Å². The highest BCUT2D eigenvalue weighted by molar-refractivity contribution is 5.84. The maximum atomic E-state index is 12.7. The molecule has 0 bridgehead atoms. The number of nitrogens with one attached hydrogen (secondary N) is 1. The Hall–Kier alpha value is -2.82. The number of hydrogen-bond acceptors (Lipinski definition) is 4. The molecule has 1 amide bonds. The summed E-state index contributed by atoms with van der Waals surface area (Å²) >= 11 is 0. The van der Waals surface area contributed by atoms with E-state index in [1.165, 1.54) is 30.2 Å². The van der Waals surface area contributed by atoms with Crippen LogP contribution in [0.4, 0.5) is 0 Å². The number of hydrogen-bond donors (Lipinski definition) is 2. The van der Waals surface area contributed by atoms with E-state index >= 15 is 0 Å². The van der Waals surface area contributed by atoms with E-state index in [9.17, 15) is 14.7 Å². The van der Waals surface area contributed by atoms with Gasteiger partial charge in [0.25, 0.3) is 0 Å². The molecule has 2 N–H and O–H groups in total. The molecular weight excluding hydrogens is 438 g/mol. The fourth-order valence-corrected chi connectivity index (χ4v) is 5.32. The molecule has 0 saturated carbocycles. The molecule has 2 aromatic rings. The minimum Gasteiger partial charge on any atom is -0.508 e. The van der Waals surface area contributed by atoms with E-state index in [2.05, 4.69) is 51.2 Å². The summed E-state index contributed by atoms with van der Waals surface area (Å²) in [5, 5.41) is 12.3. The number of amides is 1. The second kappa shape index (κ2) is 11.7. The lowest BCUT2D eigenvalue weighted by Gasteiger charge is -2.42. The van der Waals surface area contributed by atoms with Gasteiger partial charge in [0, 0.05) is 12.8 Å². The van der Waals surface area contributed by atoms with Crippen LogP contribution in [0.25, 0.3) is 0 Å². The second-order valence-electron chi connectivity index (χ2n) is 10.6. The van der Waals surface area contributed by atoms with Crippen molar-refractivity contribution in [3.05, 3.63) is 64.7 Å². The third-order valence-corrected chi connectivity index (χ3v) is 7.89. The summed E-state index contributed by atoms with van der Waals surface area (Å²) in [6, 6.07) is 12.9. The number of methoxy groups -OCH3 is 1. The first-order valence-electron chi connectivity index (χ1n) is 12.9. The summed E-state index contributed by atoms with van der Waals surface area (Å²) < 4.78 is 4.89. The minimum atomic E-state index is -0.741. The van der Waals surface area contributed by atoms with Crippen LogP contribution in [-0.4, -0.2) is 30.1 Å². The molecule has 5 heteroatoms. The van der Waals surface area contributed by atoms with Crippen molar-refractivity contribution in [1.29, 1.82) is 0 Å². The fraction of sp³-hybridized carbons (Fsp3) is 0.533. The quantitative estimate of drug-likeness (QED) is 0.333. The van der Waals surface area contributed by atoms with Gasteiger partial charge in [-0.05, 0) is 77.3 Å². The highest BCUT2D eigenvalue weighted by Crippen LogP contribution is 2.45. The number of fused-ring (bicyclic) bond motifs is 1. The van der Waals surface area contributed by atoms with Gasteiger partial charge >= 0.3 is 5.97 Å². The normalized spacial score (nSPS) is 20.2. The number of aromatic hydroxyl groups is 1. The average molecular weight is 480 g/mol. The summed E-state index contributed by atoms with van der Waals surface area (Å²) in [4.78, 5) is 24.9. The van der Waals surface area contributed by atoms with Crippen LogP contribution in [0.2, 0.25) is 0 Å².